The summed E-state index contributed by atoms with van der Waals surface area (Å²) in [5.74, 6) is 1.06. The van der Waals surface area contributed by atoms with Gasteiger partial charge in [0.05, 0.1) is 28.0 Å². The van der Waals surface area contributed by atoms with E-state index in [0.717, 1.165) is 16.6 Å². The van der Waals surface area contributed by atoms with Crippen molar-refractivity contribution in [2.24, 2.45) is 4.36 Å². The molecule has 1 atom stereocenters. The molecule has 158 valence electrons. The first-order valence-corrected chi connectivity index (χ1v) is 11.5. The fraction of sp³-hybridized carbons (Fsp3) is 0.125. The number of fused-ring (bicyclic) bond motifs is 1. The highest BCUT2D eigenvalue weighted by Gasteiger charge is 2.11. The van der Waals surface area contributed by atoms with Gasteiger partial charge in [-0.3, -0.25) is 4.98 Å². The number of hydrogen-bond acceptors (Lipinski definition) is 6. The number of nitrogens with one attached hydrogen (secondary N) is 1. The molecule has 0 bridgehead atoms. The van der Waals surface area contributed by atoms with Gasteiger partial charge in [0.15, 0.2) is 0 Å². The molecule has 0 radical (unpaired) electrons. The Bertz CT molecular complexity index is 1350. The lowest BCUT2D eigenvalue weighted by Crippen LogP contribution is -2.03. The van der Waals surface area contributed by atoms with Gasteiger partial charge in [0, 0.05) is 51.8 Å². The smallest absolute Gasteiger partial charge is 0.124 e. The number of aromatic nitrogens is 1. The quantitative estimate of drug-likeness (QED) is 0.397. The minimum absolute atomic E-state index is 0.0986. The van der Waals surface area contributed by atoms with E-state index >= 15 is 0 Å². The number of nitrogens with zero attached hydrogens (tertiary/aromatic N) is 2. The molecular formula is C24H23N3O3S. The van der Waals surface area contributed by atoms with Crippen LogP contribution in [0.1, 0.15) is 6.92 Å². The lowest BCUT2D eigenvalue weighted by molar-refractivity contribution is 0.408. The van der Waals surface area contributed by atoms with E-state index in [1.165, 1.54) is 6.07 Å². The van der Waals surface area contributed by atoms with Crippen LogP contribution in [-0.2, 0) is 9.73 Å². The van der Waals surface area contributed by atoms with Crippen molar-refractivity contribution >= 4 is 37.7 Å². The molecule has 1 heterocycles. The fourth-order valence-corrected chi connectivity index (χ4v) is 4.92. The van der Waals surface area contributed by atoms with Gasteiger partial charge in [-0.25, -0.2) is 4.21 Å². The van der Waals surface area contributed by atoms with E-state index in [-0.39, 0.29) is 5.75 Å². The predicted molar refractivity (Wildman–Crippen MR) is 125 cm³/mol. The summed E-state index contributed by atoms with van der Waals surface area (Å²) in [6.45, 7) is 1.88. The topological polar surface area (TPSA) is 83.8 Å². The molecule has 31 heavy (non-hydrogen) atoms. The van der Waals surface area contributed by atoms with Crippen LogP contribution in [0.3, 0.4) is 0 Å². The Labute approximate surface area is 181 Å². The van der Waals surface area contributed by atoms with E-state index < -0.39 is 9.73 Å². The Morgan fingerprint density at radius 3 is 2.61 bits per heavy atom. The number of ether oxygens (including phenoxy) is 1. The number of pyridine rings is 1. The number of aromatic hydroxyl groups is 1. The van der Waals surface area contributed by atoms with Gasteiger partial charge in [0.1, 0.15) is 11.5 Å². The third kappa shape index (κ3) is 4.46. The van der Waals surface area contributed by atoms with Gasteiger partial charge in [-0.15, -0.1) is 0 Å². The minimum atomic E-state index is -2.58. The standard InChI is InChI=1S/C24H23N3O3S/c1-3-31(29,21-7-5-4-6-8-21)27-17-9-10-23-22(15-17)24(11-12-25-23)26-18-13-19(28)16-20(14-18)30-2/h4-16,28H,3H2,1-2H3,(H,25,26). The van der Waals surface area contributed by atoms with Crippen molar-refractivity contribution in [3.8, 4) is 11.5 Å². The largest absolute Gasteiger partial charge is 0.508 e. The first-order chi connectivity index (χ1) is 15.0. The van der Waals surface area contributed by atoms with E-state index in [1.54, 1.807) is 25.4 Å². The number of methoxy groups -OCH3 is 1. The number of hydrogen-bond donors (Lipinski definition) is 2. The van der Waals surface area contributed by atoms with Crippen molar-refractivity contribution in [3.63, 3.8) is 0 Å². The number of phenols is 1. The van der Waals surface area contributed by atoms with Crippen LogP contribution in [0, 0.1) is 0 Å². The average Bonchev–Trinajstić information content (AvgIpc) is 2.79. The predicted octanol–water partition coefficient (Wildman–Crippen LogP) is 5.87. The van der Waals surface area contributed by atoms with Crippen LogP contribution in [0.4, 0.5) is 17.1 Å². The fourth-order valence-electron chi connectivity index (χ4n) is 3.32. The summed E-state index contributed by atoms with van der Waals surface area (Å²) < 4.78 is 23.4. The number of rotatable bonds is 6. The second-order valence-corrected chi connectivity index (χ2v) is 9.45. The molecule has 1 aromatic heterocycles. The summed E-state index contributed by atoms with van der Waals surface area (Å²) in [5.41, 5.74) is 2.86. The highest BCUT2D eigenvalue weighted by atomic mass is 32.2. The number of benzene rings is 3. The van der Waals surface area contributed by atoms with E-state index in [4.69, 9.17) is 4.74 Å². The summed E-state index contributed by atoms with van der Waals surface area (Å²) in [6, 6.07) is 21.7. The van der Waals surface area contributed by atoms with Gasteiger partial charge in [-0.1, -0.05) is 25.1 Å². The van der Waals surface area contributed by atoms with Crippen molar-refractivity contribution in [3.05, 3.63) is 79.0 Å². The van der Waals surface area contributed by atoms with Crippen LogP contribution in [0.25, 0.3) is 10.9 Å². The Morgan fingerprint density at radius 1 is 1.06 bits per heavy atom. The molecule has 0 aliphatic rings. The van der Waals surface area contributed by atoms with Crippen molar-refractivity contribution in [2.45, 2.75) is 11.8 Å². The maximum Gasteiger partial charge on any atom is 0.124 e. The second kappa shape index (κ2) is 8.65. The normalized spacial score (nSPS) is 12.8. The zero-order valence-electron chi connectivity index (χ0n) is 17.3. The van der Waals surface area contributed by atoms with Crippen LogP contribution >= 0.6 is 0 Å². The zero-order valence-corrected chi connectivity index (χ0v) is 18.1. The van der Waals surface area contributed by atoms with Crippen molar-refractivity contribution in [1.82, 2.24) is 4.98 Å². The lowest BCUT2D eigenvalue weighted by Gasteiger charge is -2.12. The Kier molecular flexibility index (Phi) is 5.77. The molecule has 2 N–H and O–H groups in total. The van der Waals surface area contributed by atoms with Crippen LogP contribution in [-0.4, -0.2) is 27.2 Å². The molecule has 6 nitrogen and oxygen atoms in total. The highest BCUT2D eigenvalue weighted by Crippen LogP contribution is 2.32. The van der Waals surface area contributed by atoms with Crippen LogP contribution < -0.4 is 10.1 Å². The molecule has 0 aliphatic heterocycles. The molecule has 0 amide bonds. The van der Waals surface area contributed by atoms with Gasteiger partial charge in [-0.2, -0.15) is 4.36 Å². The monoisotopic (exact) mass is 433 g/mol. The van der Waals surface area contributed by atoms with Gasteiger partial charge >= 0.3 is 0 Å². The minimum Gasteiger partial charge on any atom is -0.508 e. The summed E-state index contributed by atoms with van der Waals surface area (Å²) in [7, 11) is -1.03. The molecule has 0 spiro atoms. The maximum atomic E-state index is 13.5. The molecule has 4 rings (SSSR count). The van der Waals surface area contributed by atoms with E-state index in [2.05, 4.69) is 14.7 Å². The van der Waals surface area contributed by atoms with E-state index in [0.29, 0.717) is 27.8 Å². The molecule has 4 aromatic rings. The van der Waals surface area contributed by atoms with Crippen molar-refractivity contribution in [1.29, 1.82) is 0 Å². The molecule has 0 fully saturated rings. The number of phenolic OH excluding ortho intramolecular Hbond substituents is 1. The Balaban J connectivity index is 1.79. The van der Waals surface area contributed by atoms with Crippen LogP contribution in [0.2, 0.25) is 0 Å². The summed E-state index contributed by atoms with van der Waals surface area (Å²) >= 11 is 0. The van der Waals surface area contributed by atoms with Gasteiger partial charge < -0.3 is 15.2 Å². The molecular weight excluding hydrogens is 410 g/mol. The third-order valence-electron chi connectivity index (χ3n) is 4.89. The van der Waals surface area contributed by atoms with E-state index in [1.807, 2.05) is 61.5 Å². The maximum absolute atomic E-state index is 13.5. The summed E-state index contributed by atoms with van der Waals surface area (Å²) in [6.07, 6.45) is 1.71. The summed E-state index contributed by atoms with van der Waals surface area (Å²) in [4.78, 5) is 5.14. The number of anilines is 2. The first kappa shape index (κ1) is 20.7. The van der Waals surface area contributed by atoms with E-state index in [9.17, 15) is 9.32 Å². The van der Waals surface area contributed by atoms with Crippen molar-refractivity contribution < 1.29 is 14.1 Å². The third-order valence-corrected chi connectivity index (χ3v) is 7.18. The first-order valence-electron chi connectivity index (χ1n) is 9.84. The zero-order chi connectivity index (χ0) is 21.8. The van der Waals surface area contributed by atoms with Gasteiger partial charge in [0.2, 0.25) is 0 Å². The molecule has 0 saturated carbocycles. The van der Waals surface area contributed by atoms with Crippen LogP contribution in [0.15, 0.2) is 88.3 Å². The van der Waals surface area contributed by atoms with Gasteiger partial charge in [-0.05, 0) is 36.4 Å². The SMILES string of the molecule is CCS(=O)(=Nc1ccc2nccc(Nc3cc(O)cc(OC)c3)c2c1)c1ccccc1. The second-order valence-electron chi connectivity index (χ2n) is 6.94. The Hall–Kier alpha value is -3.58. The molecule has 0 saturated heterocycles. The molecule has 0 aliphatic carbocycles. The molecule has 3 aromatic carbocycles. The average molecular weight is 434 g/mol. The molecule has 7 heteroatoms. The lowest BCUT2D eigenvalue weighted by atomic mass is 10.1. The van der Waals surface area contributed by atoms with Crippen molar-refractivity contribution in [2.75, 3.05) is 18.2 Å². The summed E-state index contributed by atoms with van der Waals surface area (Å²) in [5, 5.41) is 14.1. The van der Waals surface area contributed by atoms with Crippen LogP contribution in [0.5, 0.6) is 11.5 Å². The Morgan fingerprint density at radius 2 is 1.87 bits per heavy atom. The van der Waals surface area contributed by atoms with Gasteiger partial charge in [0.25, 0.3) is 0 Å². The molecule has 1 unspecified atom stereocenters. The highest BCUT2D eigenvalue weighted by molar-refractivity contribution is 7.93.